The monoisotopic (exact) mass is 276 g/mol. The van der Waals surface area contributed by atoms with Gasteiger partial charge in [-0.2, -0.15) is 0 Å². The molecule has 0 spiro atoms. The summed E-state index contributed by atoms with van der Waals surface area (Å²) in [5.41, 5.74) is 6.34. The first-order chi connectivity index (χ1) is 9.01. The van der Waals surface area contributed by atoms with Crippen molar-refractivity contribution < 1.29 is 13.9 Å². The maximum Gasteiger partial charge on any atom is 0.152 e. The van der Waals surface area contributed by atoms with Crippen molar-refractivity contribution in [2.45, 2.75) is 4.90 Å². The van der Waals surface area contributed by atoms with E-state index in [0.29, 0.717) is 11.1 Å². The maximum absolute atomic E-state index is 11.1. The van der Waals surface area contributed by atoms with E-state index in [9.17, 15) is 13.9 Å². The van der Waals surface area contributed by atoms with Crippen LogP contribution in [0.15, 0.2) is 33.1 Å². The summed E-state index contributed by atoms with van der Waals surface area (Å²) in [4.78, 5) is 7.12. The molecule has 2 aromatic carbocycles. The second kappa shape index (κ2) is 4.79. The van der Waals surface area contributed by atoms with Crippen LogP contribution in [-0.4, -0.2) is 27.3 Å². The van der Waals surface area contributed by atoms with Crippen molar-refractivity contribution >= 4 is 52.4 Å². The predicted molar refractivity (Wildman–Crippen MR) is 75.6 cm³/mol. The highest BCUT2D eigenvalue weighted by atomic mass is 32.2. The van der Waals surface area contributed by atoms with Crippen molar-refractivity contribution in [2.75, 3.05) is 5.73 Å². The molecule has 0 aliphatic heterocycles. The number of phenolic OH excluding ortho intramolecular Hbond substituents is 1. The van der Waals surface area contributed by atoms with Gasteiger partial charge in [0.2, 0.25) is 0 Å². The number of aromatic hydroxyl groups is 1. The van der Waals surface area contributed by atoms with Crippen LogP contribution in [0.4, 0.5) is 17.1 Å². The first-order valence-corrected chi connectivity index (χ1v) is 6.19. The highest BCUT2D eigenvalue weighted by molar-refractivity contribution is 7.79. The standard InChI is InChI=1S/C12H11N3O3S/c1-14-7-4-3-6-5-8(19(17)18)11(15-2)12(16)9(6)10(7)13/h3-5,16H,1-2,13H2,(H,17,18)/p-1. The van der Waals surface area contributed by atoms with E-state index in [1.807, 2.05) is 0 Å². The van der Waals surface area contributed by atoms with Crippen LogP contribution in [0.2, 0.25) is 0 Å². The normalized spacial score (nSPS) is 12.3. The third kappa shape index (κ3) is 1.98. The molecule has 98 valence electrons. The van der Waals surface area contributed by atoms with E-state index in [4.69, 9.17) is 5.73 Å². The van der Waals surface area contributed by atoms with E-state index in [1.165, 1.54) is 6.07 Å². The zero-order chi connectivity index (χ0) is 14.2. The van der Waals surface area contributed by atoms with Crippen LogP contribution in [-0.2, 0) is 11.1 Å². The number of nitrogen functional groups attached to an aromatic ring is 1. The van der Waals surface area contributed by atoms with Gasteiger partial charge in [-0.3, -0.25) is 14.2 Å². The highest BCUT2D eigenvalue weighted by Gasteiger charge is 2.16. The molecule has 0 aromatic heterocycles. The lowest BCUT2D eigenvalue weighted by Crippen LogP contribution is -1.94. The van der Waals surface area contributed by atoms with E-state index < -0.39 is 11.1 Å². The van der Waals surface area contributed by atoms with Gasteiger partial charge < -0.3 is 15.4 Å². The molecule has 0 fully saturated rings. The lowest BCUT2D eigenvalue weighted by atomic mass is 10.1. The number of hydrogen-bond acceptors (Lipinski definition) is 6. The fourth-order valence-corrected chi connectivity index (χ4v) is 2.41. The van der Waals surface area contributed by atoms with Crippen molar-refractivity contribution in [2.24, 2.45) is 9.98 Å². The molecular formula is C12H10N3O3S-. The number of aliphatic imine (C=N–C) groups is 2. The third-order valence-corrected chi connectivity index (χ3v) is 3.41. The minimum atomic E-state index is -2.54. The molecule has 1 atom stereocenters. The molecule has 0 radical (unpaired) electrons. The van der Waals surface area contributed by atoms with Crippen LogP contribution in [0.25, 0.3) is 10.8 Å². The van der Waals surface area contributed by atoms with Crippen molar-refractivity contribution in [3.63, 3.8) is 0 Å². The van der Waals surface area contributed by atoms with Crippen molar-refractivity contribution in [1.82, 2.24) is 0 Å². The van der Waals surface area contributed by atoms with E-state index in [0.717, 1.165) is 0 Å². The quantitative estimate of drug-likeness (QED) is 0.507. The number of phenols is 1. The lowest BCUT2D eigenvalue weighted by Gasteiger charge is -2.14. The highest BCUT2D eigenvalue weighted by Crippen LogP contribution is 2.44. The average Bonchev–Trinajstić information content (AvgIpc) is 2.38. The van der Waals surface area contributed by atoms with Gasteiger partial charge in [-0.25, -0.2) is 0 Å². The molecular weight excluding hydrogens is 266 g/mol. The Morgan fingerprint density at radius 2 is 2.00 bits per heavy atom. The molecule has 0 bridgehead atoms. The molecule has 7 heteroatoms. The van der Waals surface area contributed by atoms with Gasteiger partial charge >= 0.3 is 0 Å². The van der Waals surface area contributed by atoms with Crippen LogP contribution < -0.4 is 5.73 Å². The van der Waals surface area contributed by atoms with Crippen LogP contribution in [0.5, 0.6) is 5.75 Å². The average molecular weight is 276 g/mol. The van der Waals surface area contributed by atoms with Crippen LogP contribution in [0.1, 0.15) is 0 Å². The fraction of sp³-hybridized carbons (Fsp3) is 0. The van der Waals surface area contributed by atoms with E-state index >= 15 is 0 Å². The van der Waals surface area contributed by atoms with Gasteiger partial charge in [0.15, 0.2) is 5.75 Å². The minimum absolute atomic E-state index is 0.131. The third-order valence-electron chi connectivity index (χ3n) is 2.74. The van der Waals surface area contributed by atoms with Gasteiger partial charge in [0.05, 0.1) is 21.7 Å². The van der Waals surface area contributed by atoms with Crippen molar-refractivity contribution in [1.29, 1.82) is 0 Å². The number of anilines is 1. The Morgan fingerprint density at radius 3 is 2.53 bits per heavy atom. The summed E-state index contributed by atoms with van der Waals surface area (Å²) in [6, 6.07) is 4.55. The first kappa shape index (κ1) is 13.2. The molecule has 0 aliphatic carbocycles. The van der Waals surface area contributed by atoms with Crippen molar-refractivity contribution in [3.8, 4) is 5.75 Å². The summed E-state index contributed by atoms with van der Waals surface area (Å²) >= 11 is -2.54. The Labute approximate surface area is 111 Å². The molecule has 0 saturated heterocycles. The molecule has 0 aliphatic rings. The second-order valence-electron chi connectivity index (χ2n) is 3.72. The summed E-state index contributed by atoms with van der Waals surface area (Å²) < 4.78 is 22.3. The minimum Gasteiger partial charge on any atom is -0.768 e. The molecule has 6 nitrogen and oxygen atoms in total. The van der Waals surface area contributed by atoms with Crippen molar-refractivity contribution in [3.05, 3.63) is 18.2 Å². The molecule has 0 heterocycles. The number of benzene rings is 2. The molecule has 2 rings (SSSR count). The second-order valence-corrected chi connectivity index (χ2v) is 4.63. The van der Waals surface area contributed by atoms with Crippen LogP contribution in [0.3, 0.4) is 0 Å². The Morgan fingerprint density at radius 1 is 1.32 bits per heavy atom. The van der Waals surface area contributed by atoms with E-state index in [2.05, 4.69) is 23.4 Å². The fourth-order valence-electron chi connectivity index (χ4n) is 1.87. The molecule has 0 saturated carbocycles. The molecule has 2 aromatic rings. The van der Waals surface area contributed by atoms with E-state index in [1.54, 1.807) is 12.1 Å². The van der Waals surface area contributed by atoms with Crippen LogP contribution in [0, 0.1) is 0 Å². The molecule has 0 amide bonds. The largest absolute Gasteiger partial charge is 0.768 e. The first-order valence-electron chi connectivity index (χ1n) is 5.12. The Balaban J connectivity index is 3.00. The summed E-state index contributed by atoms with van der Waals surface area (Å²) in [5.74, 6) is -0.338. The number of nitrogens with zero attached hydrogens (tertiary/aromatic N) is 2. The molecule has 3 N–H and O–H groups in total. The zero-order valence-electron chi connectivity index (χ0n) is 9.79. The molecule has 1 unspecified atom stereocenters. The predicted octanol–water partition coefficient (Wildman–Crippen LogP) is 2.03. The van der Waals surface area contributed by atoms with Gasteiger partial charge in [0, 0.05) is 0 Å². The Hall–Kier alpha value is -2.25. The van der Waals surface area contributed by atoms with Gasteiger partial charge in [0.25, 0.3) is 0 Å². The molecule has 19 heavy (non-hydrogen) atoms. The Bertz CT molecular complexity index is 728. The summed E-state index contributed by atoms with van der Waals surface area (Å²) in [6.07, 6.45) is 0. The summed E-state index contributed by atoms with van der Waals surface area (Å²) in [7, 11) is 0. The number of nitrogens with two attached hydrogens (primary N) is 1. The number of fused-ring (bicyclic) bond motifs is 1. The summed E-state index contributed by atoms with van der Waals surface area (Å²) in [6.45, 7) is 6.62. The van der Waals surface area contributed by atoms with E-state index in [-0.39, 0.29) is 27.4 Å². The lowest BCUT2D eigenvalue weighted by molar-refractivity contribution is 0.481. The SMILES string of the molecule is C=Nc1ccc2cc(S(=O)[O-])c(N=C)c(O)c2c1N. The smallest absolute Gasteiger partial charge is 0.152 e. The van der Waals surface area contributed by atoms with Crippen LogP contribution >= 0.6 is 0 Å². The summed E-state index contributed by atoms with van der Waals surface area (Å²) in [5, 5.41) is 10.9. The van der Waals surface area contributed by atoms with Gasteiger partial charge in [-0.15, -0.1) is 0 Å². The van der Waals surface area contributed by atoms with Gasteiger partial charge in [0.1, 0.15) is 5.69 Å². The van der Waals surface area contributed by atoms with Gasteiger partial charge in [-0.05, 0) is 42.0 Å². The topological polar surface area (TPSA) is 111 Å². The number of rotatable bonds is 3. The number of hydrogen-bond donors (Lipinski definition) is 2. The zero-order valence-corrected chi connectivity index (χ0v) is 10.6. The van der Waals surface area contributed by atoms with Gasteiger partial charge in [-0.1, -0.05) is 6.07 Å². The Kier molecular flexibility index (Phi) is 3.32. The maximum atomic E-state index is 11.1.